The maximum absolute atomic E-state index is 12.9. The smallest absolute Gasteiger partial charge is 0.259 e. The molecule has 3 aromatic carbocycles. The molecular weight excluding hydrogens is 354 g/mol. The minimum absolute atomic E-state index is 0.327. The molecule has 1 amide bonds. The molecule has 0 aliphatic heterocycles. The summed E-state index contributed by atoms with van der Waals surface area (Å²) in [5.74, 6) is 1.07. The molecule has 0 aromatic heterocycles. The largest absolute Gasteiger partial charge is 0.496 e. The van der Waals surface area contributed by atoms with Gasteiger partial charge in [-0.1, -0.05) is 35.9 Å². The fourth-order valence-corrected chi connectivity index (χ4v) is 2.95. The van der Waals surface area contributed by atoms with Crippen molar-refractivity contribution in [2.24, 2.45) is 0 Å². The van der Waals surface area contributed by atoms with Crippen LogP contribution in [0.5, 0.6) is 17.2 Å². The third-order valence-corrected chi connectivity index (χ3v) is 4.33. The van der Waals surface area contributed by atoms with Crippen LogP contribution in [0.4, 0.5) is 5.69 Å². The predicted molar refractivity (Wildman–Crippen MR) is 103 cm³/mol. The molecule has 0 saturated carbocycles. The minimum atomic E-state index is -0.327. The first-order valence-corrected chi connectivity index (χ1v) is 8.24. The average Bonchev–Trinajstić information content (AvgIpc) is 2.67. The van der Waals surface area contributed by atoms with Crippen molar-refractivity contribution in [2.45, 2.75) is 0 Å². The van der Waals surface area contributed by atoms with E-state index in [1.54, 1.807) is 18.2 Å². The van der Waals surface area contributed by atoms with E-state index in [0.717, 1.165) is 10.8 Å². The molecule has 3 aromatic rings. The van der Waals surface area contributed by atoms with Crippen molar-refractivity contribution in [3.05, 3.63) is 59.1 Å². The molecule has 0 bridgehead atoms. The summed E-state index contributed by atoms with van der Waals surface area (Å²) in [6, 6.07) is 14.6. The van der Waals surface area contributed by atoms with E-state index in [-0.39, 0.29) is 5.91 Å². The number of carbonyl (C=O) groups excluding carboxylic acids is 1. The van der Waals surface area contributed by atoms with E-state index in [2.05, 4.69) is 5.32 Å². The Morgan fingerprint density at radius 3 is 2.08 bits per heavy atom. The van der Waals surface area contributed by atoms with Gasteiger partial charge in [-0.3, -0.25) is 4.79 Å². The predicted octanol–water partition coefficient (Wildman–Crippen LogP) is 4.77. The Hall–Kier alpha value is -2.92. The van der Waals surface area contributed by atoms with Gasteiger partial charge < -0.3 is 19.5 Å². The van der Waals surface area contributed by atoms with Gasteiger partial charge in [0.1, 0.15) is 17.2 Å². The lowest BCUT2D eigenvalue weighted by Crippen LogP contribution is -2.14. The van der Waals surface area contributed by atoms with Crippen LogP contribution in [0, 0.1) is 0 Å². The number of methoxy groups -OCH3 is 3. The molecule has 0 spiro atoms. The topological polar surface area (TPSA) is 56.8 Å². The molecule has 0 fully saturated rings. The molecule has 0 unspecified atom stereocenters. The number of benzene rings is 3. The zero-order valence-electron chi connectivity index (χ0n) is 14.6. The lowest BCUT2D eigenvalue weighted by molar-refractivity contribution is 0.102. The molecule has 1 N–H and O–H groups in total. The normalized spacial score (nSPS) is 10.5. The molecule has 3 rings (SSSR count). The number of anilines is 1. The third-order valence-electron chi connectivity index (χ3n) is 4.03. The minimum Gasteiger partial charge on any atom is -0.496 e. The summed E-state index contributed by atoms with van der Waals surface area (Å²) in [6.07, 6.45) is 0. The van der Waals surface area contributed by atoms with Crippen molar-refractivity contribution >= 4 is 34.0 Å². The fraction of sp³-hybridized carbons (Fsp3) is 0.150. The zero-order valence-corrected chi connectivity index (χ0v) is 15.4. The number of hydrogen-bond acceptors (Lipinski definition) is 4. The van der Waals surface area contributed by atoms with Gasteiger partial charge in [-0.25, -0.2) is 0 Å². The molecule has 0 aliphatic carbocycles. The van der Waals surface area contributed by atoms with Gasteiger partial charge in [0.25, 0.3) is 5.91 Å². The number of rotatable bonds is 5. The van der Waals surface area contributed by atoms with Crippen LogP contribution < -0.4 is 19.5 Å². The number of nitrogens with one attached hydrogen (secondary N) is 1. The lowest BCUT2D eigenvalue weighted by atomic mass is 10.1. The second-order valence-corrected chi connectivity index (χ2v) is 5.95. The van der Waals surface area contributed by atoms with Crippen LogP contribution in [0.3, 0.4) is 0 Å². The van der Waals surface area contributed by atoms with Crippen LogP contribution in [0.1, 0.15) is 10.4 Å². The number of halogens is 1. The summed E-state index contributed by atoms with van der Waals surface area (Å²) in [4.78, 5) is 12.9. The molecule has 0 aliphatic rings. The lowest BCUT2D eigenvalue weighted by Gasteiger charge is -2.15. The number of ether oxygens (including phenoxy) is 3. The summed E-state index contributed by atoms with van der Waals surface area (Å²) in [6.45, 7) is 0. The molecule has 0 saturated heterocycles. The molecular formula is C20H18ClNO4. The van der Waals surface area contributed by atoms with Crippen molar-refractivity contribution in [1.29, 1.82) is 0 Å². The van der Waals surface area contributed by atoms with E-state index in [1.165, 1.54) is 21.3 Å². The van der Waals surface area contributed by atoms with Crippen LogP contribution in [0.2, 0.25) is 5.02 Å². The highest BCUT2D eigenvalue weighted by Crippen LogP contribution is 2.36. The van der Waals surface area contributed by atoms with Crippen LogP contribution in [0.15, 0.2) is 48.5 Å². The van der Waals surface area contributed by atoms with Crippen molar-refractivity contribution in [3.63, 3.8) is 0 Å². The summed E-state index contributed by atoms with van der Waals surface area (Å²) in [5.41, 5.74) is 0.860. The SMILES string of the molecule is COc1cc(OC)c(NC(=O)c2cc3ccccc3cc2OC)cc1Cl. The van der Waals surface area contributed by atoms with Crippen molar-refractivity contribution in [2.75, 3.05) is 26.6 Å². The highest BCUT2D eigenvalue weighted by molar-refractivity contribution is 6.32. The van der Waals surface area contributed by atoms with Crippen molar-refractivity contribution < 1.29 is 19.0 Å². The van der Waals surface area contributed by atoms with E-state index in [1.807, 2.05) is 30.3 Å². The van der Waals surface area contributed by atoms with Crippen LogP contribution >= 0.6 is 11.6 Å². The zero-order chi connectivity index (χ0) is 18.7. The molecule has 134 valence electrons. The average molecular weight is 372 g/mol. The van der Waals surface area contributed by atoms with Gasteiger partial charge in [0.15, 0.2) is 0 Å². The number of hydrogen-bond donors (Lipinski definition) is 1. The monoisotopic (exact) mass is 371 g/mol. The number of amides is 1. The summed E-state index contributed by atoms with van der Waals surface area (Å²) < 4.78 is 15.9. The first-order valence-electron chi connectivity index (χ1n) is 7.87. The highest BCUT2D eigenvalue weighted by Gasteiger charge is 2.17. The second kappa shape index (κ2) is 7.54. The van der Waals surface area contributed by atoms with Crippen LogP contribution in [-0.4, -0.2) is 27.2 Å². The summed E-state index contributed by atoms with van der Waals surface area (Å²) in [5, 5.41) is 5.13. The number of fused-ring (bicyclic) bond motifs is 1. The Bertz CT molecular complexity index is 971. The molecule has 0 heterocycles. The van der Waals surface area contributed by atoms with Crippen LogP contribution in [0.25, 0.3) is 10.8 Å². The number of carbonyl (C=O) groups is 1. The van der Waals surface area contributed by atoms with Crippen LogP contribution in [-0.2, 0) is 0 Å². The van der Waals surface area contributed by atoms with Gasteiger partial charge in [-0.15, -0.1) is 0 Å². The second-order valence-electron chi connectivity index (χ2n) is 5.54. The van der Waals surface area contributed by atoms with Gasteiger partial charge in [-0.2, -0.15) is 0 Å². The maximum atomic E-state index is 12.9. The van der Waals surface area contributed by atoms with E-state index in [4.69, 9.17) is 25.8 Å². The summed E-state index contributed by atoms with van der Waals surface area (Å²) in [7, 11) is 4.56. The summed E-state index contributed by atoms with van der Waals surface area (Å²) >= 11 is 6.17. The van der Waals surface area contributed by atoms with Crippen molar-refractivity contribution in [3.8, 4) is 17.2 Å². The van der Waals surface area contributed by atoms with Gasteiger partial charge in [0.2, 0.25) is 0 Å². The molecule has 0 atom stereocenters. The van der Waals surface area contributed by atoms with Crippen molar-refractivity contribution in [1.82, 2.24) is 0 Å². The highest BCUT2D eigenvalue weighted by atomic mass is 35.5. The van der Waals surface area contributed by atoms with E-state index >= 15 is 0 Å². The Labute approximate surface area is 156 Å². The van der Waals surface area contributed by atoms with Gasteiger partial charge in [0, 0.05) is 6.07 Å². The standard InChI is InChI=1S/C20H18ClNO4/c1-24-17-9-13-7-5-4-6-12(13)8-14(17)20(23)22-16-10-15(21)18(25-2)11-19(16)26-3/h4-11H,1-3H3,(H,22,23). The van der Waals surface area contributed by atoms with Gasteiger partial charge in [-0.05, 0) is 29.0 Å². The quantitative estimate of drug-likeness (QED) is 0.701. The maximum Gasteiger partial charge on any atom is 0.259 e. The Kier molecular flexibility index (Phi) is 5.19. The fourth-order valence-electron chi connectivity index (χ4n) is 2.71. The molecule has 5 nitrogen and oxygen atoms in total. The molecule has 0 radical (unpaired) electrons. The molecule has 26 heavy (non-hydrogen) atoms. The van der Waals surface area contributed by atoms with E-state index in [0.29, 0.717) is 33.5 Å². The molecule has 6 heteroatoms. The van der Waals surface area contributed by atoms with Gasteiger partial charge in [0.05, 0.1) is 37.6 Å². The third kappa shape index (κ3) is 3.39. The van der Waals surface area contributed by atoms with E-state index < -0.39 is 0 Å². The Morgan fingerprint density at radius 1 is 0.846 bits per heavy atom. The van der Waals surface area contributed by atoms with E-state index in [9.17, 15) is 4.79 Å². The van der Waals surface area contributed by atoms with Gasteiger partial charge >= 0.3 is 0 Å². The first-order chi connectivity index (χ1) is 12.6. The Balaban J connectivity index is 2.00. The Morgan fingerprint density at radius 2 is 1.46 bits per heavy atom. The first kappa shape index (κ1) is 17.9.